The Morgan fingerprint density at radius 1 is 0.862 bits per heavy atom. The van der Waals surface area contributed by atoms with Gasteiger partial charge in [-0.3, -0.25) is 9.69 Å². The first-order chi connectivity index (χ1) is 14.2. The molecule has 0 unspecified atom stereocenters. The van der Waals surface area contributed by atoms with E-state index in [9.17, 15) is 4.79 Å². The highest BCUT2D eigenvalue weighted by Crippen LogP contribution is 2.27. The average Bonchev–Trinajstić information content (AvgIpc) is 2.72. The van der Waals surface area contributed by atoms with Gasteiger partial charge in [-0.15, -0.1) is 0 Å². The van der Waals surface area contributed by atoms with E-state index in [4.69, 9.17) is 11.6 Å². The van der Waals surface area contributed by atoms with Crippen LogP contribution < -0.4 is 0 Å². The number of nitrogens with zero attached hydrogens (tertiary/aromatic N) is 2. The molecular formula is C25H23ClN2O. The van der Waals surface area contributed by atoms with Crippen molar-refractivity contribution in [2.75, 3.05) is 19.6 Å². The highest BCUT2D eigenvalue weighted by atomic mass is 35.5. The molecule has 1 fully saturated rings. The van der Waals surface area contributed by atoms with Crippen molar-refractivity contribution in [2.24, 2.45) is 0 Å². The molecule has 2 aliphatic rings. The second-order valence-corrected chi connectivity index (χ2v) is 8.38. The number of hydrogen-bond donors (Lipinski definition) is 0. The Kier molecular flexibility index (Phi) is 4.86. The van der Waals surface area contributed by atoms with Crippen molar-refractivity contribution >= 4 is 17.5 Å². The predicted molar refractivity (Wildman–Crippen MR) is 117 cm³/mol. The third-order valence-corrected chi connectivity index (χ3v) is 6.35. The molecule has 0 saturated carbocycles. The predicted octanol–water partition coefficient (Wildman–Crippen LogP) is 4.89. The maximum atomic E-state index is 12.8. The fourth-order valence-electron chi connectivity index (χ4n) is 4.34. The fraction of sp³-hybridized carbons (Fsp3) is 0.240. The monoisotopic (exact) mass is 402 g/mol. The molecule has 3 nitrogen and oxygen atoms in total. The SMILES string of the molecule is O=C(c1ccc(-c2cccc(Cl)c2)cc1)N1CC(N2CCc3ccccc3C2)C1. The average molecular weight is 403 g/mol. The second kappa shape index (κ2) is 7.66. The van der Waals surface area contributed by atoms with E-state index in [-0.39, 0.29) is 5.91 Å². The minimum Gasteiger partial charge on any atom is -0.335 e. The molecule has 0 spiro atoms. The number of halogens is 1. The van der Waals surface area contributed by atoms with Gasteiger partial charge in [-0.05, 0) is 52.9 Å². The standard InChI is InChI=1S/C25H23ClN2O/c26-23-7-3-6-21(14-23)19-8-10-20(11-9-19)25(29)28-16-24(17-28)27-13-12-18-4-1-2-5-22(18)15-27/h1-11,14,24H,12-13,15-17H2. The molecule has 0 atom stereocenters. The lowest BCUT2D eigenvalue weighted by molar-refractivity contribution is 0.0218. The lowest BCUT2D eigenvalue weighted by Gasteiger charge is -2.47. The van der Waals surface area contributed by atoms with E-state index in [0.717, 1.165) is 54.3 Å². The summed E-state index contributed by atoms with van der Waals surface area (Å²) in [5.74, 6) is 0.122. The number of hydrogen-bond acceptors (Lipinski definition) is 2. The van der Waals surface area contributed by atoms with E-state index in [2.05, 4.69) is 29.2 Å². The summed E-state index contributed by atoms with van der Waals surface area (Å²) in [6.07, 6.45) is 1.10. The van der Waals surface area contributed by atoms with Crippen molar-refractivity contribution in [3.63, 3.8) is 0 Å². The van der Waals surface area contributed by atoms with Crippen LogP contribution in [0.4, 0.5) is 0 Å². The minimum absolute atomic E-state index is 0.122. The molecule has 2 aliphatic heterocycles. The normalized spacial score (nSPS) is 16.9. The van der Waals surface area contributed by atoms with Crippen LogP contribution in [-0.2, 0) is 13.0 Å². The van der Waals surface area contributed by atoms with Gasteiger partial charge in [0.25, 0.3) is 5.91 Å². The Labute approximate surface area is 176 Å². The van der Waals surface area contributed by atoms with Crippen LogP contribution in [0.15, 0.2) is 72.8 Å². The number of fused-ring (bicyclic) bond motifs is 1. The van der Waals surface area contributed by atoms with Crippen molar-refractivity contribution in [2.45, 2.75) is 19.0 Å². The largest absolute Gasteiger partial charge is 0.335 e. The van der Waals surface area contributed by atoms with Gasteiger partial charge in [-0.2, -0.15) is 0 Å². The van der Waals surface area contributed by atoms with Crippen LogP contribution in [0, 0.1) is 0 Å². The lowest BCUT2D eigenvalue weighted by atomic mass is 9.96. The van der Waals surface area contributed by atoms with E-state index >= 15 is 0 Å². The topological polar surface area (TPSA) is 23.6 Å². The Morgan fingerprint density at radius 3 is 2.38 bits per heavy atom. The van der Waals surface area contributed by atoms with E-state index in [1.165, 1.54) is 11.1 Å². The number of benzene rings is 3. The van der Waals surface area contributed by atoms with Crippen molar-refractivity contribution in [3.8, 4) is 11.1 Å². The molecule has 0 aliphatic carbocycles. The Bertz CT molecular complexity index is 1040. The van der Waals surface area contributed by atoms with Crippen LogP contribution in [0.1, 0.15) is 21.5 Å². The van der Waals surface area contributed by atoms with Gasteiger partial charge in [0.1, 0.15) is 0 Å². The number of carbonyl (C=O) groups excluding carboxylic acids is 1. The van der Waals surface area contributed by atoms with E-state index < -0.39 is 0 Å². The molecular weight excluding hydrogens is 380 g/mol. The van der Waals surface area contributed by atoms with Crippen LogP contribution in [0.2, 0.25) is 5.02 Å². The molecule has 29 heavy (non-hydrogen) atoms. The molecule has 146 valence electrons. The van der Waals surface area contributed by atoms with Gasteiger partial charge in [0, 0.05) is 42.8 Å². The summed E-state index contributed by atoms with van der Waals surface area (Å²) in [6.45, 7) is 3.71. The maximum Gasteiger partial charge on any atom is 0.253 e. The highest BCUT2D eigenvalue weighted by Gasteiger charge is 2.36. The third kappa shape index (κ3) is 3.68. The fourth-order valence-corrected chi connectivity index (χ4v) is 4.53. The van der Waals surface area contributed by atoms with Crippen molar-refractivity contribution < 1.29 is 4.79 Å². The Balaban J connectivity index is 1.21. The van der Waals surface area contributed by atoms with Gasteiger partial charge in [0.05, 0.1) is 0 Å². The van der Waals surface area contributed by atoms with Crippen LogP contribution in [0.3, 0.4) is 0 Å². The number of rotatable bonds is 3. The van der Waals surface area contributed by atoms with Crippen molar-refractivity contribution in [3.05, 3.63) is 94.5 Å². The zero-order chi connectivity index (χ0) is 19.8. The maximum absolute atomic E-state index is 12.8. The van der Waals surface area contributed by atoms with Crippen LogP contribution in [0.5, 0.6) is 0 Å². The zero-order valence-corrected chi connectivity index (χ0v) is 17.0. The minimum atomic E-state index is 0.122. The summed E-state index contributed by atoms with van der Waals surface area (Å²) in [6, 6.07) is 24.8. The van der Waals surface area contributed by atoms with Crippen LogP contribution >= 0.6 is 11.6 Å². The molecule has 0 N–H and O–H groups in total. The molecule has 3 aromatic carbocycles. The smallest absolute Gasteiger partial charge is 0.253 e. The summed E-state index contributed by atoms with van der Waals surface area (Å²) < 4.78 is 0. The number of likely N-dealkylation sites (tertiary alicyclic amines) is 1. The zero-order valence-electron chi connectivity index (χ0n) is 16.2. The van der Waals surface area contributed by atoms with Crippen molar-refractivity contribution in [1.29, 1.82) is 0 Å². The third-order valence-electron chi connectivity index (χ3n) is 6.12. The highest BCUT2D eigenvalue weighted by molar-refractivity contribution is 6.30. The Morgan fingerprint density at radius 2 is 1.62 bits per heavy atom. The second-order valence-electron chi connectivity index (χ2n) is 7.94. The summed E-state index contributed by atoms with van der Waals surface area (Å²) >= 11 is 6.09. The van der Waals surface area contributed by atoms with Crippen molar-refractivity contribution in [1.82, 2.24) is 9.80 Å². The summed E-state index contributed by atoms with van der Waals surface area (Å²) in [5, 5.41) is 0.717. The van der Waals surface area contributed by atoms with Gasteiger partial charge >= 0.3 is 0 Å². The van der Waals surface area contributed by atoms with Gasteiger partial charge in [0.2, 0.25) is 0 Å². The summed E-state index contributed by atoms with van der Waals surface area (Å²) in [7, 11) is 0. The first-order valence-electron chi connectivity index (χ1n) is 10.1. The molecule has 1 amide bonds. The molecule has 0 aromatic heterocycles. The lowest BCUT2D eigenvalue weighted by Crippen LogP contribution is -2.61. The van der Waals surface area contributed by atoms with E-state index in [1.54, 1.807) is 0 Å². The molecule has 0 radical (unpaired) electrons. The van der Waals surface area contributed by atoms with Gasteiger partial charge in [-0.1, -0.05) is 60.1 Å². The first kappa shape index (κ1) is 18.4. The van der Waals surface area contributed by atoms with Crippen LogP contribution in [-0.4, -0.2) is 41.4 Å². The molecule has 2 heterocycles. The molecule has 4 heteroatoms. The molecule has 5 rings (SSSR count). The van der Waals surface area contributed by atoms with E-state index in [0.29, 0.717) is 6.04 Å². The number of amides is 1. The summed E-state index contributed by atoms with van der Waals surface area (Å²) in [4.78, 5) is 17.3. The Hall–Kier alpha value is -2.62. The number of carbonyl (C=O) groups is 1. The van der Waals surface area contributed by atoms with E-state index in [1.807, 2.05) is 53.4 Å². The molecule has 0 bridgehead atoms. The molecule has 3 aromatic rings. The first-order valence-corrected chi connectivity index (χ1v) is 10.5. The molecule has 1 saturated heterocycles. The van der Waals surface area contributed by atoms with Gasteiger partial charge < -0.3 is 4.90 Å². The van der Waals surface area contributed by atoms with Gasteiger partial charge in [0.15, 0.2) is 0 Å². The van der Waals surface area contributed by atoms with Gasteiger partial charge in [-0.25, -0.2) is 0 Å². The summed E-state index contributed by atoms with van der Waals surface area (Å²) in [5.41, 5.74) is 5.78. The quantitative estimate of drug-likeness (QED) is 0.622. The van der Waals surface area contributed by atoms with Crippen LogP contribution in [0.25, 0.3) is 11.1 Å².